The standard InChI is InChI=1S/C19H27N5O2S2/c1-4-11-24-17(26)15-16(21-18(28-15)23(5-2)6-3)22-19(24)27-12-14(25)20-13-9-7-8-10-13/h4,13H,1,5-12H2,2-3H3,(H,20,25). The van der Waals surface area contributed by atoms with Crippen LogP contribution in [0.3, 0.4) is 0 Å². The van der Waals surface area contributed by atoms with Crippen molar-refractivity contribution < 1.29 is 4.79 Å². The van der Waals surface area contributed by atoms with Gasteiger partial charge < -0.3 is 10.2 Å². The molecule has 0 bridgehead atoms. The fourth-order valence-corrected chi connectivity index (χ4v) is 5.27. The minimum Gasteiger partial charge on any atom is -0.353 e. The number of rotatable bonds is 9. The third kappa shape index (κ3) is 4.57. The van der Waals surface area contributed by atoms with Crippen molar-refractivity contribution in [3.05, 3.63) is 23.0 Å². The van der Waals surface area contributed by atoms with Gasteiger partial charge in [0.1, 0.15) is 4.70 Å². The molecule has 1 saturated carbocycles. The van der Waals surface area contributed by atoms with Crippen LogP contribution in [0.5, 0.6) is 0 Å². The highest BCUT2D eigenvalue weighted by Gasteiger charge is 2.20. The smallest absolute Gasteiger partial charge is 0.274 e. The zero-order valence-electron chi connectivity index (χ0n) is 16.4. The van der Waals surface area contributed by atoms with Gasteiger partial charge in [0, 0.05) is 25.7 Å². The number of allylic oxidation sites excluding steroid dienone is 1. The molecular formula is C19H27N5O2S2. The molecule has 9 heteroatoms. The minimum atomic E-state index is -0.125. The molecule has 1 fully saturated rings. The lowest BCUT2D eigenvalue weighted by molar-refractivity contribution is -0.119. The highest BCUT2D eigenvalue weighted by atomic mass is 32.2. The van der Waals surface area contributed by atoms with Crippen molar-refractivity contribution in [3.63, 3.8) is 0 Å². The molecule has 0 aromatic carbocycles. The number of nitrogens with one attached hydrogen (secondary N) is 1. The molecule has 7 nitrogen and oxygen atoms in total. The van der Waals surface area contributed by atoms with Crippen molar-refractivity contribution >= 4 is 44.5 Å². The number of carbonyl (C=O) groups excluding carboxylic acids is 1. The van der Waals surface area contributed by atoms with Crippen molar-refractivity contribution in [1.82, 2.24) is 19.9 Å². The molecule has 0 spiro atoms. The summed E-state index contributed by atoms with van der Waals surface area (Å²) in [5, 5.41) is 4.38. The summed E-state index contributed by atoms with van der Waals surface area (Å²) in [4.78, 5) is 36.5. The molecule has 2 aromatic heterocycles. The first-order valence-corrected chi connectivity index (χ1v) is 11.6. The number of carbonyl (C=O) groups is 1. The zero-order chi connectivity index (χ0) is 20.1. The number of anilines is 1. The van der Waals surface area contributed by atoms with Crippen LogP contribution in [0.4, 0.5) is 5.13 Å². The van der Waals surface area contributed by atoms with Gasteiger partial charge >= 0.3 is 0 Å². The van der Waals surface area contributed by atoms with Gasteiger partial charge in [-0.15, -0.1) is 6.58 Å². The highest BCUT2D eigenvalue weighted by molar-refractivity contribution is 7.99. The van der Waals surface area contributed by atoms with E-state index in [1.807, 2.05) is 0 Å². The number of fused-ring (bicyclic) bond motifs is 1. The maximum absolute atomic E-state index is 13.0. The Balaban J connectivity index is 1.85. The van der Waals surface area contributed by atoms with E-state index in [1.165, 1.54) is 35.9 Å². The molecule has 0 atom stereocenters. The Morgan fingerprint density at radius 1 is 1.36 bits per heavy atom. The van der Waals surface area contributed by atoms with E-state index in [9.17, 15) is 9.59 Å². The number of hydrogen-bond acceptors (Lipinski definition) is 7. The Morgan fingerprint density at radius 2 is 2.07 bits per heavy atom. The first-order valence-electron chi connectivity index (χ1n) is 9.76. The maximum atomic E-state index is 13.0. The van der Waals surface area contributed by atoms with Crippen molar-refractivity contribution in [3.8, 4) is 0 Å². The Hall–Kier alpha value is -1.87. The lowest BCUT2D eigenvalue weighted by Crippen LogP contribution is -2.34. The first-order chi connectivity index (χ1) is 13.6. The quantitative estimate of drug-likeness (QED) is 0.381. The van der Waals surface area contributed by atoms with E-state index in [-0.39, 0.29) is 23.3 Å². The van der Waals surface area contributed by atoms with Crippen LogP contribution < -0.4 is 15.8 Å². The number of aromatic nitrogens is 3. The van der Waals surface area contributed by atoms with Gasteiger partial charge in [0.2, 0.25) is 5.91 Å². The van der Waals surface area contributed by atoms with Crippen molar-refractivity contribution in [2.24, 2.45) is 0 Å². The number of thiazole rings is 1. The van der Waals surface area contributed by atoms with Gasteiger partial charge in [-0.3, -0.25) is 14.2 Å². The normalized spacial score (nSPS) is 14.5. The van der Waals surface area contributed by atoms with Crippen LogP contribution >= 0.6 is 23.1 Å². The van der Waals surface area contributed by atoms with Crippen LogP contribution in [0.25, 0.3) is 10.3 Å². The highest BCUT2D eigenvalue weighted by Crippen LogP contribution is 2.27. The summed E-state index contributed by atoms with van der Waals surface area (Å²) in [7, 11) is 0. The second-order valence-corrected chi connectivity index (χ2v) is 8.68. The molecule has 2 heterocycles. The Bertz CT molecular complexity index is 898. The predicted molar refractivity (Wildman–Crippen MR) is 117 cm³/mol. The lowest BCUT2D eigenvalue weighted by Gasteiger charge is -2.15. The van der Waals surface area contributed by atoms with E-state index in [4.69, 9.17) is 0 Å². The fourth-order valence-electron chi connectivity index (χ4n) is 3.38. The molecule has 28 heavy (non-hydrogen) atoms. The summed E-state index contributed by atoms with van der Waals surface area (Å²) in [6.07, 6.45) is 6.12. The van der Waals surface area contributed by atoms with Crippen LogP contribution in [0.15, 0.2) is 22.6 Å². The van der Waals surface area contributed by atoms with Gasteiger partial charge in [-0.2, -0.15) is 4.98 Å². The number of nitrogens with zero attached hydrogens (tertiary/aromatic N) is 4. The van der Waals surface area contributed by atoms with E-state index in [1.54, 1.807) is 10.6 Å². The van der Waals surface area contributed by atoms with Crippen LogP contribution in [0.2, 0.25) is 0 Å². The fraction of sp³-hybridized carbons (Fsp3) is 0.579. The molecule has 1 N–H and O–H groups in total. The molecule has 1 aliphatic rings. The summed E-state index contributed by atoms with van der Waals surface area (Å²) in [6.45, 7) is 9.86. The molecule has 0 unspecified atom stereocenters. The van der Waals surface area contributed by atoms with Gasteiger partial charge in [0.25, 0.3) is 5.56 Å². The molecule has 0 saturated heterocycles. The number of thioether (sulfide) groups is 1. The maximum Gasteiger partial charge on any atom is 0.274 e. The molecule has 0 radical (unpaired) electrons. The second kappa shape index (κ2) is 9.56. The third-order valence-electron chi connectivity index (χ3n) is 4.87. The average molecular weight is 422 g/mol. The molecule has 152 valence electrons. The molecule has 0 aliphatic heterocycles. The zero-order valence-corrected chi connectivity index (χ0v) is 18.1. The summed E-state index contributed by atoms with van der Waals surface area (Å²) < 4.78 is 2.12. The molecular weight excluding hydrogens is 394 g/mol. The Labute approximate surface area is 173 Å². The average Bonchev–Trinajstić information content (AvgIpc) is 3.34. The number of hydrogen-bond donors (Lipinski definition) is 1. The van der Waals surface area contributed by atoms with E-state index < -0.39 is 0 Å². The summed E-state index contributed by atoms with van der Waals surface area (Å²) in [5.74, 6) is 0.219. The first kappa shape index (κ1) is 20.9. The lowest BCUT2D eigenvalue weighted by atomic mass is 10.2. The summed E-state index contributed by atoms with van der Waals surface area (Å²) in [5.41, 5.74) is 0.329. The third-order valence-corrected chi connectivity index (χ3v) is 6.94. The Kier molecular flexibility index (Phi) is 7.12. The van der Waals surface area contributed by atoms with E-state index in [0.29, 0.717) is 22.0 Å². The second-order valence-electron chi connectivity index (χ2n) is 6.76. The van der Waals surface area contributed by atoms with Crippen LogP contribution in [0, 0.1) is 0 Å². The topological polar surface area (TPSA) is 80.1 Å². The van der Waals surface area contributed by atoms with Crippen LogP contribution in [0.1, 0.15) is 39.5 Å². The van der Waals surface area contributed by atoms with Gasteiger partial charge in [-0.25, -0.2) is 4.98 Å². The molecule has 1 amide bonds. The van der Waals surface area contributed by atoms with Crippen molar-refractivity contribution in [2.75, 3.05) is 23.7 Å². The summed E-state index contributed by atoms with van der Waals surface area (Å²) >= 11 is 2.65. The molecule has 1 aliphatic carbocycles. The SMILES string of the molecule is C=CCn1c(SCC(=O)NC2CCCC2)nc2nc(N(CC)CC)sc2c1=O. The Morgan fingerprint density at radius 3 is 2.71 bits per heavy atom. The largest absolute Gasteiger partial charge is 0.353 e. The van der Waals surface area contributed by atoms with E-state index >= 15 is 0 Å². The van der Waals surface area contributed by atoms with Gasteiger partial charge in [0.15, 0.2) is 15.9 Å². The van der Waals surface area contributed by atoms with Crippen molar-refractivity contribution in [2.45, 2.75) is 57.3 Å². The monoisotopic (exact) mass is 421 g/mol. The summed E-state index contributed by atoms with van der Waals surface area (Å²) in [6, 6.07) is 0.286. The van der Waals surface area contributed by atoms with Crippen LogP contribution in [-0.4, -0.2) is 45.3 Å². The van der Waals surface area contributed by atoms with Crippen LogP contribution in [-0.2, 0) is 11.3 Å². The van der Waals surface area contributed by atoms with Gasteiger partial charge in [0.05, 0.1) is 5.75 Å². The van der Waals surface area contributed by atoms with E-state index in [0.717, 1.165) is 31.1 Å². The van der Waals surface area contributed by atoms with E-state index in [2.05, 4.69) is 40.6 Å². The van der Waals surface area contributed by atoms with Gasteiger partial charge in [-0.05, 0) is 26.7 Å². The van der Waals surface area contributed by atoms with Crippen molar-refractivity contribution in [1.29, 1.82) is 0 Å². The predicted octanol–water partition coefficient (Wildman–Crippen LogP) is 3.04. The number of amides is 1. The minimum absolute atomic E-state index is 0.0153. The molecule has 3 rings (SSSR count). The van der Waals surface area contributed by atoms with Gasteiger partial charge in [-0.1, -0.05) is 42.0 Å². The molecule has 2 aromatic rings.